The van der Waals surface area contributed by atoms with Gasteiger partial charge < -0.3 is 15.3 Å². The Balaban J connectivity index is 2.10. The number of aliphatic hydroxyl groups excluding tert-OH is 1. The summed E-state index contributed by atoms with van der Waals surface area (Å²) in [6.45, 7) is 7.73. The summed E-state index contributed by atoms with van der Waals surface area (Å²) in [5.41, 5.74) is 3.97. The normalized spacial score (nSPS) is 19.6. The lowest BCUT2D eigenvalue weighted by Gasteiger charge is -2.32. The molecule has 0 aromatic heterocycles. The van der Waals surface area contributed by atoms with Gasteiger partial charge in [-0.3, -0.25) is 0 Å². The predicted molar refractivity (Wildman–Crippen MR) is 89.9 cm³/mol. The molecule has 1 atom stereocenters. The van der Waals surface area contributed by atoms with Crippen molar-refractivity contribution in [2.75, 3.05) is 24.6 Å². The second-order valence-electron chi connectivity index (χ2n) is 6.18. The smallest absolute Gasteiger partial charge is 0.0635 e. The molecule has 118 valence electrons. The van der Waals surface area contributed by atoms with Crippen LogP contribution in [0.15, 0.2) is 18.2 Å². The van der Waals surface area contributed by atoms with E-state index in [0.29, 0.717) is 0 Å². The van der Waals surface area contributed by atoms with Gasteiger partial charge in [0.2, 0.25) is 0 Å². The van der Waals surface area contributed by atoms with Gasteiger partial charge >= 0.3 is 0 Å². The summed E-state index contributed by atoms with van der Waals surface area (Å²) in [6.07, 6.45) is 6.03. The lowest BCUT2D eigenvalue weighted by atomic mass is 10.1. The van der Waals surface area contributed by atoms with E-state index < -0.39 is 0 Å². The number of nitrogens with one attached hydrogen (secondary N) is 1. The van der Waals surface area contributed by atoms with Crippen LogP contribution in [0.25, 0.3) is 0 Å². The van der Waals surface area contributed by atoms with E-state index in [0.717, 1.165) is 26.1 Å². The maximum Gasteiger partial charge on any atom is 0.0635 e. The van der Waals surface area contributed by atoms with Crippen LogP contribution in [0.2, 0.25) is 0 Å². The first kappa shape index (κ1) is 16.3. The molecule has 3 nitrogen and oxygen atoms in total. The van der Waals surface area contributed by atoms with Crippen LogP contribution in [0, 0.1) is 6.92 Å². The van der Waals surface area contributed by atoms with Gasteiger partial charge in [0.05, 0.1) is 12.6 Å². The van der Waals surface area contributed by atoms with Crippen molar-refractivity contribution in [2.24, 2.45) is 0 Å². The maximum atomic E-state index is 9.68. The average Bonchev–Trinajstić information content (AvgIpc) is 2.73. The molecule has 2 rings (SSSR count). The van der Waals surface area contributed by atoms with E-state index in [2.05, 4.69) is 42.3 Å². The molecule has 0 saturated carbocycles. The van der Waals surface area contributed by atoms with Gasteiger partial charge in [0.25, 0.3) is 0 Å². The molecule has 1 heterocycles. The Labute approximate surface area is 129 Å². The minimum atomic E-state index is 0.263. The third kappa shape index (κ3) is 4.45. The van der Waals surface area contributed by atoms with Crippen molar-refractivity contribution in [1.29, 1.82) is 0 Å². The lowest BCUT2D eigenvalue weighted by molar-refractivity contribution is 0.255. The summed E-state index contributed by atoms with van der Waals surface area (Å²) >= 11 is 0. The molecule has 0 amide bonds. The molecule has 3 heteroatoms. The van der Waals surface area contributed by atoms with E-state index in [1.807, 2.05) is 0 Å². The minimum Gasteiger partial charge on any atom is -0.394 e. The fourth-order valence-electron chi connectivity index (χ4n) is 3.24. The SMILES string of the molecule is CCCNCc1ccc(N2CCCCCC2CO)c(C)c1. The van der Waals surface area contributed by atoms with E-state index in [-0.39, 0.29) is 12.6 Å². The van der Waals surface area contributed by atoms with E-state index in [9.17, 15) is 5.11 Å². The van der Waals surface area contributed by atoms with E-state index in [4.69, 9.17) is 0 Å². The number of hydrogen-bond acceptors (Lipinski definition) is 3. The van der Waals surface area contributed by atoms with Gasteiger partial charge in [0.1, 0.15) is 0 Å². The molecule has 21 heavy (non-hydrogen) atoms. The first-order valence-corrected chi connectivity index (χ1v) is 8.44. The van der Waals surface area contributed by atoms with Gasteiger partial charge in [0, 0.05) is 18.8 Å². The number of anilines is 1. The van der Waals surface area contributed by atoms with Crippen LogP contribution in [0.5, 0.6) is 0 Å². The summed E-state index contributed by atoms with van der Waals surface area (Å²) in [4.78, 5) is 2.42. The molecule has 0 bridgehead atoms. The second kappa shape index (κ2) is 8.40. The molecular formula is C18H30N2O. The number of rotatable bonds is 6. The molecule has 2 N–H and O–H groups in total. The number of aliphatic hydroxyl groups is 1. The van der Waals surface area contributed by atoms with Crippen molar-refractivity contribution in [1.82, 2.24) is 5.32 Å². The highest BCUT2D eigenvalue weighted by molar-refractivity contribution is 5.55. The zero-order valence-corrected chi connectivity index (χ0v) is 13.6. The van der Waals surface area contributed by atoms with Crippen LogP contribution in [0.4, 0.5) is 5.69 Å². The van der Waals surface area contributed by atoms with Gasteiger partial charge in [-0.05, 0) is 49.9 Å². The maximum absolute atomic E-state index is 9.68. The minimum absolute atomic E-state index is 0.263. The quantitative estimate of drug-likeness (QED) is 0.790. The Hall–Kier alpha value is -1.06. The van der Waals surface area contributed by atoms with Crippen LogP contribution in [-0.4, -0.2) is 30.8 Å². The predicted octanol–water partition coefficient (Wildman–Crippen LogP) is 3.24. The third-order valence-corrected chi connectivity index (χ3v) is 4.41. The Kier molecular flexibility index (Phi) is 6.52. The topological polar surface area (TPSA) is 35.5 Å². The molecule has 1 aromatic rings. The van der Waals surface area contributed by atoms with E-state index >= 15 is 0 Å². The summed E-state index contributed by atoms with van der Waals surface area (Å²) in [5.74, 6) is 0. The molecule has 1 aliphatic heterocycles. The molecule has 1 aliphatic rings. The molecule has 1 saturated heterocycles. The highest BCUT2D eigenvalue weighted by Gasteiger charge is 2.21. The van der Waals surface area contributed by atoms with Gasteiger partial charge in [-0.2, -0.15) is 0 Å². The fourth-order valence-corrected chi connectivity index (χ4v) is 3.24. The summed E-state index contributed by atoms with van der Waals surface area (Å²) < 4.78 is 0. The molecule has 1 aromatic carbocycles. The van der Waals surface area contributed by atoms with Crippen LogP contribution in [0.3, 0.4) is 0 Å². The average molecular weight is 290 g/mol. The Morgan fingerprint density at radius 2 is 2.14 bits per heavy atom. The van der Waals surface area contributed by atoms with Crippen molar-refractivity contribution in [3.63, 3.8) is 0 Å². The first-order valence-electron chi connectivity index (χ1n) is 8.44. The lowest BCUT2D eigenvalue weighted by Crippen LogP contribution is -2.38. The second-order valence-corrected chi connectivity index (χ2v) is 6.18. The Morgan fingerprint density at radius 3 is 2.86 bits per heavy atom. The standard InChI is InChI=1S/C18H30N2O/c1-3-10-19-13-16-8-9-18(15(2)12-16)20-11-6-4-5-7-17(20)14-21/h8-9,12,17,19,21H,3-7,10-11,13-14H2,1-2H3. The zero-order chi connectivity index (χ0) is 15.1. The van der Waals surface area contributed by atoms with Crippen molar-refractivity contribution in [2.45, 2.75) is 58.5 Å². The number of aryl methyl sites for hydroxylation is 1. The highest BCUT2D eigenvalue weighted by Crippen LogP contribution is 2.27. The number of nitrogens with zero attached hydrogens (tertiary/aromatic N) is 1. The molecule has 0 aliphatic carbocycles. The molecule has 0 radical (unpaired) electrons. The third-order valence-electron chi connectivity index (χ3n) is 4.41. The van der Waals surface area contributed by atoms with Gasteiger partial charge in [-0.15, -0.1) is 0 Å². The van der Waals surface area contributed by atoms with E-state index in [1.54, 1.807) is 0 Å². The van der Waals surface area contributed by atoms with Crippen LogP contribution in [0.1, 0.15) is 50.2 Å². The van der Waals surface area contributed by atoms with Crippen molar-refractivity contribution < 1.29 is 5.11 Å². The zero-order valence-electron chi connectivity index (χ0n) is 13.6. The first-order chi connectivity index (χ1) is 10.3. The highest BCUT2D eigenvalue weighted by atomic mass is 16.3. The van der Waals surface area contributed by atoms with Gasteiger partial charge in [0.15, 0.2) is 0 Å². The summed E-state index contributed by atoms with van der Waals surface area (Å²) in [7, 11) is 0. The largest absolute Gasteiger partial charge is 0.394 e. The van der Waals surface area contributed by atoms with Gasteiger partial charge in [-0.1, -0.05) is 31.9 Å². The van der Waals surface area contributed by atoms with Crippen molar-refractivity contribution in [3.05, 3.63) is 29.3 Å². The van der Waals surface area contributed by atoms with Gasteiger partial charge in [-0.25, -0.2) is 0 Å². The monoisotopic (exact) mass is 290 g/mol. The Bertz CT molecular complexity index is 433. The number of benzene rings is 1. The van der Waals surface area contributed by atoms with Crippen LogP contribution < -0.4 is 10.2 Å². The van der Waals surface area contributed by atoms with Crippen molar-refractivity contribution >= 4 is 5.69 Å². The van der Waals surface area contributed by atoms with Crippen LogP contribution >= 0.6 is 0 Å². The molecular weight excluding hydrogens is 260 g/mol. The van der Waals surface area contributed by atoms with Crippen LogP contribution in [-0.2, 0) is 6.54 Å². The molecule has 0 spiro atoms. The molecule has 1 unspecified atom stereocenters. The number of hydrogen-bond donors (Lipinski definition) is 2. The van der Waals surface area contributed by atoms with E-state index in [1.165, 1.54) is 42.5 Å². The Morgan fingerprint density at radius 1 is 1.29 bits per heavy atom. The molecule has 1 fully saturated rings. The summed E-state index contributed by atoms with van der Waals surface area (Å²) in [5, 5.41) is 13.1. The fraction of sp³-hybridized carbons (Fsp3) is 0.667. The summed E-state index contributed by atoms with van der Waals surface area (Å²) in [6, 6.07) is 7.05. The van der Waals surface area contributed by atoms with Crippen molar-refractivity contribution in [3.8, 4) is 0 Å².